The quantitative estimate of drug-likeness (QED) is 0.450. The van der Waals surface area contributed by atoms with Gasteiger partial charge in [0.25, 0.3) is 0 Å². The summed E-state index contributed by atoms with van der Waals surface area (Å²) in [6, 6.07) is 1.84. The maximum absolute atomic E-state index is 13.2. The molecule has 2 aliphatic heterocycles. The fourth-order valence-electron chi connectivity index (χ4n) is 9.20. The summed E-state index contributed by atoms with van der Waals surface area (Å²) < 4.78 is 24.0. The number of carbonyl (C=O) groups is 3. The van der Waals surface area contributed by atoms with E-state index in [1.807, 2.05) is 19.9 Å². The number of esters is 2. The lowest BCUT2D eigenvalue weighted by molar-refractivity contribution is -0.251. The first-order chi connectivity index (χ1) is 16.3. The Labute approximate surface area is 205 Å². The van der Waals surface area contributed by atoms with E-state index < -0.39 is 40.2 Å². The molecule has 0 amide bonds. The lowest BCUT2D eigenvalue weighted by Crippen LogP contribution is -2.72. The number of carbonyl (C=O) groups excluding carboxylic acids is 3. The van der Waals surface area contributed by atoms with Crippen LogP contribution in [0.1, 0.15) is 72.5 Å². The van der Waals surface area contributed by atoms with Crippen LogP contribution in [0.2, 0.25) is 0 Å². The zero-order valence-corrected chi connectivity index (χ0v) is 21.3. The number of ether oxygens (including phenoxy) is 3. The van der Waals surface area contributed by atoms with Gasteiger partial charge >= 0.3 is 11.9 Å². The van der Waals surface area contributed by atoms with Crippen molar-refractivity contribution in [1.29, 1.82) is 0 Å². The van der Waals surface area contributed by atoms with Crippen LogP contribution in [0.4, 0.5) is 0 Å². The average molecular weight is 483 g/mol. The van der Waals surface area contributed by atoms with Gasteiger partial charge in [-0.2, -0.15) is 0 Å². The van der Waals surface area contributed by atoms with Crippen molar-refractivity contribution in [3.05, 3.63) is 36.3 Å². The lowest BCUT2D eigenvalue weighted by atomic mass is 9.35. The maximum atomic E-state index is 13.2. The molecule has 2 unspecified atom stereocenters. The van der Waals surface area contributed by atoms with E-state index in [1.165, 1.54) is 6.92 Å². The minimum absolute atomic E-state index is 0.00639. The van der Waals surface area contributed by atoms with E-state index in [4.69, 9.17) is 18.6 Å². The Hall–Kier alpha value is -2.41. The van der Waals surface area contributed by atoms with Gasteiger partial charge in [-0.15, -0.1) is 0 Å². The van der Waals surface area contributed by atoms with Crippen LogP contribution < -0.4 is 0 Å². The molecule has 35 heavy (non-hydrogen) atoms. The summed E-state index contributed by atoms with van der Waals surface area (Å²) in [5.74, 6) is -0.603. The number of hydrogen-bond acceptors (Lipinski definition) is 7. The fourth-order valence-corrected chi connectivity index (χ4v) is 9.20. The second kappa shape index (κ2) is 6.67. The lowest BCUT2D eigenvalue weighted by Gasteiger charge is -2.68. The molecule has 9 atom stereocenters. The Balaban J connectivity index is 1.55. The standard InChI is InChI=1S/C28H34O7/c1-15(29)33-20-13-18-24(2,3)19(30)8-10-25(18,4)17-7-11-26(5)21(16-9-12-32-14-16)34-23(31)22-28(26,35-22)27(17,20)6/h8-10,12,14,17-18,20-22H,7,11,13H2,1-6H3/t17?,18?,20-,21-,22-,25-,26-,27+,28-/m1/s1. The van der Waals surface area contributed by atoms with E-state index in [1.54, 1.807) is 18.6 Å². The molecule has 0 bridgehead atoms. The zero-order valence-electron chi connectivity index (χ0n) is 21.3. The first-order valence-corrected chi connectivity index (χ1v) is 12.7. The molecule has 0 aromatic carbocycles. The molecule has 3 heterocycles. The Morgan fingerprint density at radius 3 is 2.49 bits per heavy atom. The summed E-state index contributed by atoms with van der Waals surface area (Å²) in [5, 5.41) is 0. The monoisotopic (exact) mass is 482 g/mol. The molecular formula is C28H34O7. The topological polar surface area (TPSA) is 95.3 Å². The third kappa shape index (κ3) is 2.48. The third-order valence-electron chi connectivity index (χ3n) is 10.8. The van der Waals surface area contributed by atoms with Gasteiger partial charge in [0.2, 0.25) is 0 Å². The largest absolute Gasteiger partial charge is 0.472 e. The summed E-state index contributed by atoms with van der Waals surface area (Å²) in [6.45, 7) is 12.0. The van der Waals surface area contributed by atoms with Crippen molar-refractivity contribution in [3.8, 4) is 0 Å². The van der Waals surface area contributed by atoms with Gasteiger partial charge in [-0.3, -0.25) is 9.59 Å². The average Bonchev–Trinajstić information content (AvgIpc) is 3.35. The molecule has 2 saturated heterocycles. The Morgan fingerprint density at radius 1 is 1.09 bits per heavy atom. The van der Waals surface area contributed by atoms with E-state index >= 15 is 0 Å². The van der Waals surface area contributed by atoms with Crippen molar-refractivity contribution in [2.75, 3.05) is 0 Å². The Morgan fingerprint density at radius 2 is 1.83 bits per heavy atom. The van der Waals surface area contributed by atoms with Gasteiger partial charge in [0.1, 0.15) is 17.8 Å². The second-order valence-electron chi connectivity index (χ2n) is 12.6. The van der Waals surface area contributed by atoms with E-state index in [0.29, 0.717) is 6.42 Å². The summed E-state index contributed by atoms with van der Waals surface area (Å²) in [4.78, 5) is 38.6. The number of hydrogen-bond donors (Lipinski definition) is 0. The third-order valence-corrected chi connectivity index (χ3v) is 10.8. The van der Waals surface area contributed by atoms with Crippen molar-refractivity contribution >= 4 is 17.7 Å². The molecule has 0 N–H and O–H groups in total. The Kier molecular flexibility index (Phi) is 4.38. The summed E-state index contributed by atoms with van der Waals surface area (Å²) >= 11 is 0. The highest BCUT2D eigenvalue weighted by molar-refractivity contribution is 5.95. The highest BCUT2D eigenvalue weighted by Crippen LogP contribution is 2.79. The van der Waals surface area contributed by atoms with Crippen LogP contribution in [0.3, 0.4) is 0 Å². The van der Waals surface area contributed by atoms with Crippen molar-refractivity contribution in [2.24, 2.45) is 33.5 Å². The molecule has 3 aliphatic carbocycles. The smallest absolute Gasteiger partial charge is 0.339 e. The molecule has 1 spiro atoms. The predicted molar refractivity (Wildman–Crippen MR) is 124 cm³/mol. The van der Waals surface area contributed by atoms with E-state index in [0.717, 1.165) is 18.4 Å². The highest BCUT2D eigenvalue weighted by atomic mass is 16.7. The number of epoxide rings is 1. The van der Waals surface area contributed by atoms with Crippen molar-refractivity contribution in [2.45, 2.75) is 84.7 Å². The molecule has 0 radical (unpaired) electrons. The minimum atomic E-state index is -0.853. The molecular weight excluding hydrogens is 448 g/mol. The van der Waals surface area contributed by atoms with Gasteiger partial charge in [0, 0.05) is 28.7 Å². The van der Waals surface area contributed by atoms with Gasteiger partial charge < -0.3 is 18.6 Å². The molecule has 4 fully saturated rings. The molecule has 7 heteroatoms. The number of ketones is 1. The SMILES string of the molecule is CC(=O)O[C@@H]1CC2C(C)(C)C(=O)C=C[C@]2(C)C2CC[C@]3(C)[C@@H](c4ccoc4)OC(=O)[C@H]4O[C@]43[C@@]21C. The second-order valence-corrected chi connectivity index (χ2v) is 12.6. The van der Waals surface area contributed by atoms with E-state index in [2.05, 4.69) is 26.8 Å². The summed E-state index contributed by atoms with van der Waals surface area (Å²) in [5.41, 5.74) is -2.15. The van der Waals surface area contributed by atoms with Gasteiger partial charge in [-0.25, -0.2) is 4.79 Å². The van der Waals surface area contributed by atoms with Gasteiger partial charge in [0.15, 0.2) is 11.9 Å². The number of allylic oxidation sites excluding steroid dienone is 2. The normalized spacial score (nSPS) is 49.1. The molecule has 1 aromatic heterocycles. The zero-order chi connectivity index (χ0) is 25.2. The van der Waals surface area contributed by atoms with Crippen LogP contribution in [0, 0.1) is 33.5 Å². The molecule has 7 nitrogen and oxygen atoms in total. The van der Waals surface area contributed by atoms with Crippen molar-refractivity contribution in [3.63, 3.8) is 0 Å². The number of fused-ring (bicyclic) bond motifs is 3. The summed E-state index contributed by atoms with van der Waals surface area (Å²) in [7, 11) is 0. The number of rotatable bonds is 2. The first-order valence-electron chi connectivity index (χ1n) is 12.7. The fraction of sp³-hybridized carbons (Fsp3) is 0.679. The highest BCUT2D eigenvalue weighted by Gasteiger charge is 2.88. The number of cyclic esters (lactones) is 1. The van der Waals surface area contributed by atoms with Crippen LogP contribution in [0.15, 0.2) is 35.2 Å². The molecule has 5 aliphatic rings. The van der Waals surface area contributed by atoms with Crippen LogP contribution >= 0.6 is 0 Å². The molecule has 188 valence electrons. The van der Waals surface area contributed by atoms with Gasteiger partial charge in [-0.1, -0.05) is 40.7 Å². The predicted octanol–water partition coefficient (Wildman–Crippen LogP) is 4.56. The molecule has 2 saturated carbocycles. The number of furan rings is 1. The van der Waals surface area contributed by atoms with Crippen LogP contribution in [-0.2, 0) is 28.6 Å². The van der Waals surface area contributed by atoms with Gasteiger partial charge in [-0.05, 0) is 48.7 Å². The minimum Gasteiger partial charge on any atom is -0.472 e. The van der Waals surface area contributed by atoms with Crippen molar-refractivity contribution < 1.29 is 33.0 Å². The van der Waals surface area contributed by atoms with Crippen LogP contribution in [0.25, 0.3) is 0 Å². The maximum Gasteiger partial charge on any atom is 0.339 e. The van der Waals surface area contributed by atoms with E-state index in [9.17, 15) is 14.4 Å². The van der Waals surface area contributed by atoms with Gasteiger partial charge in [0.05, 0.1) is 12.5 Å². The van der Waals surface area contributed by atoms with E-state index in [-0.39, 0.29) is 35.0 Å². The van der Waals surface area contributed by atoms with Crippen molar-refractivity contribution in [1.82, 2.24) is 0 Å². The molecule has 6 rings (SSSR count). The van der Waals surface area contributed by atoms with Crippen LogP contribution in [-0.4, -0.2) is 35.5 Å². The van der Waals surface area contributed by atoms with Crippen LogP contribution in [0.5, 0.6) is 0 Å². The Bertz CT molecular complexity index is 1150. The molecule has 1 aromatic rings. The summed E-state index contributed by atoms with van der Waals surface area (Å²) in [6.07, 6.45) is 7.46. The first kappa shape index (κ1) is 23.0.